The van der Waals surface area contributed by atoms with Gasteiger partial charge in [0, 0.05) is 18.2 Å². The molecular formula is C14H15ClN2O5S. The van der Waals surface area contributed by atoms with Crippen LogP contribution < -0.4 is 14.2 Å². The number of hydrogen-bond donors (Lipinski definition) is 1. The van der Waals surface area contributed by atoms with Gasteiger partial charge in [-0.3, -0.25) is 0 Å². The summed E-state index contributed by atoms with van der Waals surface area (Å²) in [6, 6.07) is 4.50. The largest absolute Gasteiger partial charge is 0.486 e. The Morgan fingerprint density at radius 3 is 2.57 bits per heavy atom. The minimum absolute atomic E-state index is 0.0138. The van der Waals surface area contributed by atoms with Gasteiger partial charge in [-0.1, -0.05) is 23.7 Å². The molecule has 0 saturated carbocycles. The summed E-state index contributed by atoms with van der Waals surface area (Å²) in [6.07, 6.45) is 0.713. The molecule has 23 heavy (non-hydrogen) atoms. The third-order valence-corrected chi connectivity index (χ3v) is 5.16. The highest BCUT2D eigenvalue weighted by molar-refractivity contribution is 7.89. The number of halogens is 1. The molecule has 0 bridgehead atoms. The van der Waals surface area contributed by atoms with Crippen LogP contribution in [0.15, 0.2) is 27.6 Å². The van der Waals surface area contributed by atoms with Crippen LogP contribution in [-0.2, 0) is 23.0 Å². The van der Waals surface area contributed by atoms with Crippen LogP contribution in [0.25, 0.3) is 0 Å². The van der Waals surface area contributed by atoms with E-state index in [1.54, 1.807) is 6.07 Å². The molecule has 0 saturated heterocycles. The molecule has 2 aromatic rings. The van der Waals surface area contributed by atoms with E-state index >= 15 is 0 Å². The minimum Gasteiger partial charge on any atom is -0.486 e. The fourth-order valence-corrected chi connectivity index (χ4v) is 3.62. The van der Waals surface area contributed by atoms with E-state index in [1.165, 1.54) is 12.1 Å². The van der Waals surface area contributed by atoms with E-state index in [-0.39, 0.29) is 16.5 Å². The highest BCUT2D eigenvalue weighted by Crippen LogP contribution is 2.37. The molecule has 0 spiro atoms. The lowest BCUT2D eigenvalue weighted by Crippen LogP contribution is -2.24. The fourth-order valence-electron chi connectivity index (χ4n) is 2.10. The predicted octanol–water partition coefficient (Wildman–Crippen LogP) is 2.14. The highest BCUT2D eigenvalue weighted by Gasteiger charge is 2.23. The maximum Gasteiger partial charge on any atom is 0.242 e. The van der Waals surface area contributed by atoms with Crippen molar-refractivity contribution in [1.82, 2.24) is 9.88 Å². The monoisotopic (exact) mass is 358 g/mol. The Balaban J connectivity index is 1.81. The number of aryl methyl sites for hydroxylation is 1. The van der Waals surface area contributed by atoms with Crippen molar-refractivity contribution < 1.29 is 22.4 Å². The topological polar surface area (TPSA) is 90.7 Å². The lowest BCUT2D eigenvalue weighted by atomic mass is 10.3. The summed E-state index contributed by atoms with van der Waals surface area (Å²) in [5.41, 5.74) is 0.761. The number of ether oxygens (including phenoxy) is 2. The first-order valence-electron chi connectivity index (χ1n) is 7.03. The van der Waals surface area contributed by atoms with Gasteiger partial charge < -0.3 is 14.0 Å². The van der Waals surface area contributed by atoms with Crippen LogP contribution in [0.2, 0.25) is 5.02 Å². The zero-order valence-electron chi connectivity index (χ0n) is 12.3. The molecule has 2 heterocycles. The molecule has 1 aromatic carbocycles. The van der Waals surface area contributed by atoms with Crippen LogP contribution in [0.5, 0.6) is 11.5 Å². The molecule has 7 nitrogen and oxygen atoms in total. The van der Waals surface area contributed by atoms with Crippen molar-refractivity contribution >= 4 is 21.6 Å². The summed E-state index contributed by atoms with van der Waals surface area (Å²) in [7, 11) is -3.83. The molecule has 9 heteroatoms. The normalized spacial score (nSPS) is 14.0. The van der Waals surface area contributed by atoms with Gasteiger partial charge in [0.1, 0.15) is 18.1 Å². The van der Waals surface area contributed by atoms with E-state index in [2.05, 4.69) is 9.88 Å². The molecular weight excluding hydrogens is 344 g/mol. The number of aromatic nitrogens is 1. The Kier molecular flexibility index (Phi) is 4.47. The molecule has 0 aliphatic carbocycles. The Morgan fingerprint density at radius 2 is 1.91 bits per heavy atom. The number of nitrogens with zero attached hydrogens (tertiary/aromatic N) is 1. The van der Waals surface area contributed by atoms with E-state index in [0.29, 0.717) is 36.9 Å². The second kappa shape index (κ2) is 6.38. The van der Waals surface area contributed by atoms with Crippen LogP contribution in [0.4, 0.5) is 0 Å². The summed E-state index contributed by atoms with van der Waals surface area (Å²) < 4.78 is 43.1. The predicted molar refractivity (Wildman–Crippen MR) is 82.3 cm³/mol. The van der Waals surface area contributed by atoms with E-state index in [0.717, 1.165) is 5.69 Å². The lowest BCUT2D eigenvalue weighted by Gasteiger charge is -2.19. The van der Waals surface area contributed by atoms with Crippen molar-refractivity contribution in [3.8, 4) is 11.5 Å². The quantitative estimate of drug-likeness (QED) is 0.880. The first-order chi connectivity index (χ1) is 11.0. The summed E-state index contributed by atoms with van der Waals surface area (Å²) in [5, 5.41) is 3.87. The molecule has 0 amide bonds. The van der Waals surface area contributed by atoms with Gasteiger partial charge in [-0.15, -0.1) is 0 Å². The third kappa shape index (κ3) is 3.44. The summed E-state index contributed by atoms with van der Waals surface area (Å²) >= 11 is 6.06. The molecule has 1 aliphatic heterocycles. The molecule has 1 N–H and O–H groups in total. The van der Waals surface area contributed by atoms with Crippen molar-refractivity contribution in [3.63, 3.8) is 0 Å². The molecule has 1 aliphatic rings. The first-order valence-corrected chi connectivity index (χ1v) is 8.89. The Hall–Kier alpha value is -1.77. The number of fused-ring (bicyclic) bond motifs is 1. The van der Waals surface area contributed by atoms with Crippen molar-refractivity contribution in [2.45, 2.75) is 24.8 Å². The summed E-state index contributed by atoms with van der Waals surface area (Å²) in [6.45, 7) is 2.68. The van der Waals surface area contributed by atoms with E-state index in [1.807, 2.05) is 6.92 Å². The van der Waals surface area contributed by atoms with Gasteiger partial charge in [0.2, 0.25) is 10.0 Å². The van der Waals surface area contributed by atoms with Crippen LogP contribution >= 0.6 is 11.6 Å². The average molecular weight is 359 g/mol. The third-order valence-electron chi connectivity index (χ3n) is 3.29. The molecule has 0 unspecified atom stereocenters. The van der Waals surface area contributed by atoms with Gasteiger partial charge >= 0.3 is 0 Å². The first kappa shape index (κ1) is 16.1. The fraction of sp³-hybridized carbons (Fsp3) is 0.357. The molecule has 1 aromatic heterocycles. The zero-order valence-corrected chi connectivity index (χ0v) is 13.9. The Labute approximate surface area is 138 Å². The van der Waals surface area contributed by atoms with E-state index in [9.17, 15) is 8.42 Å². The molecule has 3 rings (SSSR count). The van der Waals surface area contributed by atoms with Gasteiger partial charge in [0.25, 0.3) is 0 Å². The number of rotatable bonds is 5. The van der Waals surface area contributed by atoms with Gasteiger partial charge in [-0.05, 0) is 6.42 Å². The van der Waals surface area contributed by atoms with Crippen LogP contribution in [0.3, 0.4) is 0 Å². The van der Waals surface area contributed by atoms with Crippen LogP contribution in [0.1, 0.15) is 18.4 Å². The Morgan fingerprint density at radius 1 is 1.22 bits per heavy atom. The van der Waals surface area contributed by atoms with E-state index in [4.69, 9.17) is 25.6 Å². The summed E-state index contributed by atoms with van der Waals surface area (Å²) in [4.78, 5) is -0.0707. The zero-order chi connectivity index (χ0) is 16.4. The van der Waals surface area contributed by atoms with Crippen molar-refractivity contribution in [3.05, 3.63) is 34.7 Å². The standard InChI is InChI=1S/C14H15ClN2O5S/c1-2-9-5-10(22-17-9)8-16-23(18,19)14-7-13-12(6-11(14)15)20-3-4-21-13/h5-7,16H,2-4,8H2,1H3. The molecule has 0 fully saturated rings. The Bertz CT molecular complexity index is 819. The van der Waals surface area contributed by atoms with Crippen molar-refractivity contribution in [2.75, 3.05) is 13.2 Å². The minimum atomic E-state index is -3.83. The number of nitrogens with one attached hydrogen (secondary N) is 1. The maximum atomic E-state index is 12.4. The van der Waals surface area contributed by atoms with Gasteiger partial charge in [0.05, 0.1) is 17.3 Å². The van der Waals surface area contributed by atoms with Gasteiger partial charge in [0.15, 0.2) is 17.3 Å². The second-order valence-corrected chi connectivity index (χ2v) is 7.03. The number of benzene rings is 1. The van der Waals surface area contributed by atoms with Gasteiger partial charge in [-0.25, -0.2) is 13.1 Å². The van der Waals surface area contributed by atoms with Crippen molar-refractivity contribution in [2.24, 2.45) is 0 Å². The summed E-state index contributed by atoms with van der Waals surface area (Å²) in [5.74, 6) is 1.22. The highest BCUT2D eigenvalue weighted by atomic mass is 35.5. The lowest BCUT2D eigenvalue weighted by molar-refractivity contribution is 0.171. The average Bonchev–Trinajstić information content (AvgIpc) is 3.00. The number of hydrogen-bond acceptors (Lipinski definition) is 6. The van der Waals surface area contributed by atoms with Crippen LogP contribution in [-0.4, -0.2) is 26.8 Å². The second-order valence-electron chi connectivity index (χ2n) is 4.89. The molecule has 0 radical (unpaired) electrons. The van der Waals surface area contributed by atoms with Gasteiger partial charge in [-0.2, -0.15) is 0 Å². The number of sulfonamides is 1. The van der Waals surface area contributed by atoms with Crippen LogP contribution in [0, 0.1) is 0 Å². The molecule has 124 valence electrons. The van der Waals surface area contributed by atoms with Crippen molar-refractivity contribution in [1.29, 1.82) is 0 Å². The SMILES string of the molecule is CCc1cc(CNS(=O)(=O)c2cc3c(cc2Cl)OCCO3)on1. The smallest absolute Gasteiger partial charge is 0.242 e. The molecule has 0 atom stereocenters. The van der Waals surface area contributed by atoms with E-state index < -0.39 is 10.0 Å². The maximum absolute atomic E-state index is 12.4.